The van der Waals surface area contributed by atoms with Crippen molar-refractivity contribution in [3.63, 3.8) is 0 Å². The molecule has 0 atom stereocenters. The largest absolute Gasteiger partial charge is 0.462 e. The minimum absolute atomic E-state index is 0.0583. The van der Waals surface area contributed by atoms with Gasteiger partial charge in [-0.25, -0.2) is 9.59 Å². The van der Waals surface area contributed by atoms with E-state index in [0.717, 1.165) is 0 Å². The average Bonchev–Trinajstić information content (AvgIpc) is 2.58. The first-order chi connectivity index (χ1) is 11.5. The zero-order valence-corrected chi connectivity index (χ0v) is 13.4. The maximum Gasteiger partial charge on any atom is 0.349 e. The van der Waals surface area contributed by atoms with E-state index in [9.17, 15) is 9.59 Å². The fourth-order valence-corrected chi connectivity index (χ4v) is 1.60. The van der Waals surface area contributed by atoms with Crippen LogP contribution in [-0.4, -0.2) is 25.2 Å². The van der Waals surface area contributed by atoms with Crippen LogP contribution in [0.3, 0.4) is 0 Å². The normalized spacial score (nSPS) is 9.79. The molecule has 0 saturated carbocycles. The summed E-state index contributed by atoms with van der Waals surface area (Å²) >= 11 is 5.33. The van der Waals surface area contributed by atoms with Crippen LogP contribution in [0.5, 0.6) is 0 Å². The fourth-order valence-electron chi connectivity index (χ4n) is 1.54. The molecule has 0 aliphatic carbocycles. The quantitative estimate of drug-likeness (QED) is 0.428. The number of hydrogen-bond donors (Lipinski definition) is 0. The van der Waals surface area contributed by atoms with E-state index in [-0.39, 0.29) is 29.4 Å². The van der Waals surface area contributed by atoms with Crippen LogP contribution in [0.25, 0.3) is 6.08 Å². The predicted octanol–water partition coefficient (Wildman–Crippen LogP) is 2.67. The van der Waals surface area contributed by atoms with E-state index in [0.29, 0.717) is 12.0 Å². The zero-order valence-electron chi connectivity index (χ0n) is 12.6. The van der Waals surface area contributed by atoms with E-state index >= 15 is 0 Å². The molecule has 1 rings (SSSR count). The summed E-state index contributed by atoms with van der Waals surface area (Å²) in [4.78, 5) is 22.5. The Bertz CT molecular complexity index is 757. The Hall–Kier alpha value is -3.09. The van der Waals surface area contributed by atoms with Gasteiger partial charge in [0.2, 0.25) is 0 Å². The van der Waals surface area contributed by atoms with Crippen LogP contribution in [0.2, 0.25) is 0 Å². The molecule has 0 spiro atoms. The summed E-state index contributed by atoms with van der Waals surface area (Å²) in [5.74, 6) is -1.29. The van der Waals surface area contributed by atoms with Crippen LogP contribution in [0.4, 0.5) is 0 Å². The van der Waals surface area contributed by atoms with Gasteiger partial charge in [0, 0.05) is 12.5 Å². The molecule has 122 valence electrons. The van der Waals surface area contributed by atoms with Gasteiger partial charge in [0.05, 0.1) is 24.3 Å². The Morgan fingerprint density at radius 2 is 1.83 bits per heavy atom. The molecule has 0 aromatic heterocycles. The zero-order chi connectivity index (χ0) is 17.9. The molecule has 0 bridgehead atoms. The second-order valence-corrected chi connectivity index (χ2v) is 4.88. The van der Waals surface area contributed by atoms with Gasteiger partial charge in [-0.15, -0.1) is 0 Å². The van der Waals surface area contributed by atoms with Gasteiger partial charge in [0.25, 0.3) is 0 Å². The molecule has 0 fully saturated rings. The smallest absolute Gasteiger partial charge is 0.349 e. The summed E-state index contributed by atoms with van der Waals surface area (Å²) in [7, 11) is 0. The lowest BCUT2D eigenvalue weighted by Gasteiger charge is -2.03. The highest BCUT2D eigenvalue weighted by molar-refractivity contribution is 6.40. The number of nitriles is 2. The van der Waals surface area contributed by atoms with E-state index in [1.165, 1.54) is 24.3 Å². The van der Waals surface area contributed by atoms with Crippen LogP contribution < -0.4 is 0 Å². The van der Waals surface area contributed by atoms with Gasteiger partial charge < -0.3 is 9.47 Å². The van der Waals surface area contributed by atoms with Gasteiger partial charge in [-0.05, 0) is 23.8 Å². The number of benzene rings is 1. The molecule has 0 saturated heterocycles. The first-order valence-electron chi connectivity index (χ1n) is 6.78. The molecular formula is C17H13ClN2O4. The molecular weight excluding hydrogens is 332 g/mol. The number of carbonyl (C=O) groups is 2. The maximum absolute atomic E-state index is 11.5. The Labute approximate surface area is 144 Å². The number of ether oxygens (including phenoxy) is 2. The molecule has 0 aliphatic rings. The molecule has 0 N–H and O–H groups in total. The number of nitrogens with zero attached hydrogens (tertiary/aromatic N) is 2. The molecule has 24 heavy (non-hydrogen) atoms. The van der Waals surface area contributed by atoms with Gasteiger partial charge in [0.1, 0.15) is 17.2 Å². The van der Waals surface area contributed by atoms with Crippen molar-refractivity contribution in [1.29, 1.82) is 10.5 Å². The summed E-state index contributed by atoms with van der Waals surface area (Å²) in [5.41, 5.74) is 1.10. The van der Waals surface area contributed by atoms with Gasteiger partial charge in [-0.3, -0.25) is 0 Å². The van der Waals surface area contributed by atoms with E-state index < -0.39 is 11.9 Å². The minimum Gasteiger partial charge on any atom is -0.462 e. The van der Waals surface area contributed by atoms with Crippen molar-refractivity contribution in [1.82, 2.24) is 0 Å². The third-order valence-corrected chi connectivity index (χ3v) is 2.84. The van der Waals surface area contributed by atoms with Crippen LogP contribution in [0.1, 0.15) is 23.1 Å². The first kappa shape index (κ1) is 19.0. The number of esters is 2. The van der Waals surface area contributed by atoms with E-state index in [1.54, 1.807) is 6.07 Å². The van der Waals surface area contributed by atoms with Crippen molar-refractivity contribution in [3.05, 3.63) is 52.6 Å². The number of hydrogen-bond acceptors (Lipinski definition) is 6. The van der Waals surface area contributed by atoms with E-state index in [4.69, 9.17) is 31.6 Å². The summed E-state index contributed by atoms with van der Waals surface area (Å²) in [6, 6.07) is 8.43. The highest BCUT2D eigenvalue weighted by Crippen LogP contribution is 2.11. The maximum atomic E-state index is 11.5. The predicted molar refractivity (Wildman–Crippen MR) is 86.4 cm³/mol. The Morgan fingerprint density at radius 1 is 1.17 bits per heavy atom. The van der Waals surface area contributed by atoms with Gasteiger partial charge in [-0.2, -0.15) is 10.5 Å². The van der Waals surface area contributed by atoms with Crippen molar-refractivity contribution in [3.8, 4) is 12.1 Å². The van der Waals surface area contributed by atoms with Crippen LogP contribution in [-0.2, 0) is 19.1 Å². The number of rotatable bonds is 7. The van der Waals surface area contributed by atoms with Crippen molar-refractivity contribution < 1.29 is 19.1 Å². The Morgan fingerprint density at radius 3 is 2.46 bits per heavy atom. The van der Waals surface area contributed by atoms with Crippen molar-refractivity contribution in [2.24, 2.45) is 0 Å². The lowest BCUT2D eigenvalue weighted by Crippen LogP contribution is -2.09. The van der Waals surface area contributed by atoms with Crippen LogP contribution in [0.15, 0.2) is 35.9 Å². The van der Waals surface area contributed by atoms with E-state index in [2.05, 4.69) is 6.58 Å². The number of halogens is 1. The second-order valence-electron chi connectivity index (χ2n) is 4.42. The van der Waals surface area contributed by atoms with Gasteiger partial charge in [0.15, 0.2) is 0 Å². The standard InChI is InChI=1S/C17H13ClN2O4/c1-12(18)17(22)24-8-2-7-23-16(21)6-4-13-3-5-14(10-19)15(9-13)11-20/h3-6,9H,1-2,7-8H2/b6-4+. The van der Waals surface area contributed by atoms with E-state index in [1.807, 2.05) is 12.1 Å². The Balaban J connectivity index is 2.42. The molecule has 0 aliphatic heterocycles. The summed E-state index contributed by atoms with van der Waals surface area (Å²) in [6.45, 7) is 3.35. The monoisotopic (exact) mass is 344 g/mol. The first-order valence-corrected chi connectivity index (χ1v) is 7.16. The summed E-state index contributed by atoms with van der Waals surface area (Å²) < 4.78 is 9.64. The second kappa shape index (κ2) is 9.83. The molecule has 1 aromatic rings. The lowest BCUT2D eigenvalue weighted by molar-refractivity contribution is -0.140. The SMILES string of the molecule is C=C(Cl)C(=O)OCCCOC(=O)/C=C/c1ccc(C#N)c(C#N)c1. The molecule has 0 heterocycles. The molecule has 0 radical (unpaired) electrons. The summed E-state index contributed by atoms with van der Waals surface area (Å²) in [5, 5.41) is 17.5. The minimum atomic E-state index is -0.711. The highest BCUT2D eigenvalue weighted by Gasteiger charge is 2.05. The highest BCUT2D eigenvalue weighted by atomic mass is 35.5. The van der Waals surface area contributed by atoms with Gasteiger partial charge >= 0.3 is 11.9 Å². The Kier molecular flexibility index (Phi) is 7.77. The lowest BCUT2D eigenvalue weighted by atomic mass is 10.1. The molecule has 0 unspecified atom stereocenters. The molecule has 7 heteroatoms. The fraction of sp³-hybridized carbons (Fsp3) is 0.176. The van der Waals surface area contributed by atoms with Crippen molar-refractivity contribution in [2.75, 3.05) is 13.2 Å². The third-order valence-electron chi connectivity index (χ3n) is 2.68. The van der Waals surface area contributed by atoms with Gasteiger partial charge in [-0.1, -0.05) is 24.2 Å². The molecule has 6 nitrogen and oxygen atoms in total. The average molecular weight is 345 g/mol. The van der Waals surface area contributed by atoms with Crippen LogP contribution >= 0.6 is 11.6 Å². The third kappa shape index (κ3) is 6.35. The summed E-state index contributed by atoms with van der Waals surface area (Å²) in [6.07, 6.45) is 3.00. The van der Waals surface area contributed by atoms with Crippen molar-refractivity contribution >= 4 is 29.6 Å². The van der Waals surface area contributed by atoms with Crippen LogP contribution in [0, 0.1) is 22.7 Å². The topological polar surface area (TPSA) is 100 Å². The number of carbonyl (C=O) groups excluding carboxylic acids is 2. The molecule has 1 aromatic carbocycles. The molecule has 0 amide bonds. The van der Waals surface area contributed by atoms with Crippen molar-refractivity contribution in [2.45, 2.75) is 6.42 Å².